The van der Waals surface area contributed by atoms with Gasteiger partial charge < -0.3 is 10.5 Å². The fraction of sp³-hybridized carbons (Fsp3) is 0.294. The van der Waals surface area contributed by atoms with Gasteiger partial charge in [-0.15, -0.1) is 0 Å². The number of rotatable bonds is 4. The number of hydrogen-bond acceptors (Lipinski definition) is 2. The van der Waals surface area contributed by atoms with E-state index in [1.807, 2.05) is 13.0 Å². The van der Waals surface area contributed by atoms with Gasteiger partial charge in [-0.1, -0.05) is 30.3 Å². The molecule has 1 aliphatic carbocycles. The van der Waals surface area contributed by atoms with Crippen molar-refractivity contribution < 1.29 is 9.13 Å². The first kappa shape index (κ1) is 13.1. The molecule has 3 rings (SSSR count). The number of fused-ring (bicyclic) bond motifs is 1. The smallest absolute Gasteiger partial charge is 0.126 e. The van der Waals surface area contributed by atoms with Crippen LogP contribution in [0.2, 0.25) is 0 Å². The summed E-state index contributed by atoms with van der Waals surface area (Å²) in [5.74, 6) is 0.665. The molecule has 0 heterocycles. The Bertz CT molecular complexity index is 624. The molecule has 104 valence electrons. The predicted octanol–water partition coefficient (Wildman–Crippen LogP) is 3.56. The summed E-state index contributed by atoms with van der Waals surface area (Å²) in [7, 11) is 0. The van der Waals surface area contributed by atoms with Crippen LogP contribution in [-0.2, 0) is 6.42 Å². The maximum Gasteiger partial charge on any atom is 0.126 e. The first-order valence-electron chi connectivity index (χ1n) is 6.91. The largest absolute Gasteiger partial charge is 0.492 e. The summed E-state index contributed by atoms with van der Waals surface area (Å²) in [5, 5.41) is 0. The van der Waals surface area contributed by atoms with Crippen molar-refractivity contribution in [2.24, 2.45) is 5.73 Å². The summed E-state index contributed by atoms with van der Waals surface area (Å²) in [6.45, 7) is 2.44. The minimum Gasteiger partial charge on any atom is -0.492 e. The lowest BCUT2D eigenvalue weighted by Gasteiger charge is -2.30. The van der Waals surface area contributed by atoms with Crippen molar-refractivity contribution in [2.45, 2.75) is 25.3 Å². The van der Waals surface area contributed by atoms with E-state index in [2.05, 4.69) is 18.2 Å². The van der Waals surface area contributed by atoms with Gasteiger partial charge in [0.15, 0.2) is 0 Å². The quantitative estimate of drug-likeness (QED) is 0.922. The number of halogens is 1. The second-order valence-electron chi connectivity index (χ2n) is 5.38. The van der Waals surface area contributed by atoms with E-state index in [1.165, 1.54) is 23.3 Å². The summed E-state index contributed by atoms with van der Waals surface area (Å²) in [6.07, 6.45) is 1.03. The van der Waals surface area contributed by atoms with Crippen LogP contribution < -0.4 is 10.5 Å². The molecule has 2 aromatic carbocycles. The maximum atomic E-state index is 13.3. The Labute approximate surface area is 118 Å². The summed E-state index contributed by atoms with van der Waals surface area (Å²) < 4.78 is 19.2. The van der Waals surface area contributed by atoms with Crippen molar-refractivity contribution in [1.29, 1.82) is 0 Å². The van der Waals surface area contributed by atoms with Gasteiger partial charge in [0.2, 0.25) is 0 Å². The third-order valence-electron chi connectivity index (χ3n) is 3.87. The average molecular weight is 271 g/mol. The third kappa shape index (κ3) is 2.41. The van der Waals surface area contributed by atoms with Gasteiger partial charge >= 0.3 is 0 Å². The monoisotopic (exact) mass is 271 g/mol. The molecule has 3 heteroatoms. The Hall–Kier alpha value is -1.87. The maximum absolute atomic E-state index is 13.3. The van der Waals surface area contributed by atoms with Gasteiger partial charge in [-0.05, 0) is 30.5 Å². The Morgan fingerprint density at radius 1 is 1.30 bits per heavy atom. The molecule has 2 N–H and O–H groups in total. The molecule has 2 aromatic rings. The highest BCUT2D eigenvalue weighted by Gasteiger charge is 2.26. The molecule has 20 heavy (non-hydrogen) atoms. The summed E-state index contributed by atoms with van der Waals surface area (Å²) >= 11 is 0. The molecule has 0 aliphatic heterocycles. The number of hydrogen-bond donors (Lipinski definition) is 1. The lowest BCUT2D eigenvalue weighted by molar-refractivity contribution is 0.270. The molecular formula is C17H18FNO. The molecule has 0 fully saturated rings. The second kappa shape index (κ2) is 5.25. The molecule has 0 spiro atoms. The van der Waals surface area contributed by atoms with Gasteiger partial charge in [0.1, 0.15) is 11.6 Å². The lowest BCUT2D eigenvalue weighted by Crippen LogP contribution is -2.23. The third-order valence-corrected chi connectivity index (χ3v) is 3.87. The highest BCUT2D eigenvalue weighted by atomic mass is 19.1. The zero-order chi connectivity index (χ0) is 14.1. The Kier molecular flexibility index (Phi) is 3.45. The zero-order valence-electron chi connectivity index (χ0n) is 11.5. The summed E-state index contributed by atoms with van der Waals surface area (Å²) in [6, 6.07) is 12.7. The van der Waals surface area contributed by atoms with Crippen LogP contribution in [0.25, 0.3) is 0 Å². The van der Waals surface area contributed by atoms with Crippen molar-refractivity contribution in [2.75, 3.05) is 6.61 Å². The fourth-order valence-electron chi connectivity index (χ4n) is 2.71. The van der Waals surface area contributed by atoms with Crippen molar-refractivity contribution in [1.82, 2.24) is 0 Å². The van der Waals surface area contributed by atoms with Crippen LogP contribution in [0.3, 0.4) is 0 Å². The van der Waals surface area contributed by atoms with Crippen molar-refractivity contribution in [3.8, 4) is 5.75 Å². The zero-order valence-corrected chi connectivity index (χ0v) is 11.5. The van der Waals surface area contributed by atoms with Crippen LogP contribution >= 0.6 is 0 Å². The Morgan fingerprint density at radius 3 is 2.85 bits per heavy atom. The number of benzene rings is 2. The lowest BCUT2D eigenvalue weighted by atomic mass is 9.78. The first-order chi connectivity index (χ1) is 9.65. The van der Waals surface area contributed by atoms with E-state index in [4.69, 9.17) is 10.5 Å². The SMILES string of the molecule is C[C@H](N)c1ccc(F)cc1OCC1Cc2ccccc21. The molecular weight excluding hydrogens is 253 g/mol. The topological polar surface area (TPSA) is 35.2 Å². The molecule has 0 saturated carbocycles. The van der Waals surface area contributed by atoms with Crippen LogP contribution in [0.4, 0.5) is 4.39 Å². The van der Waals surface area contributed by atoms with Gasteiger partial charge in [-0.3, -0.25) is 0 Å². The van der Waals surface area contributed by atoms with E-state index in [0.29, 0.717) is 18.3 Å². The molecule has 1 aliphatic rings. The molecule has 0 bridgehead atoms. The van der Waals surface area contributed by atoms with Gasteiger partial charge in [0.05, 0.1) is 6.61 Å². The molecule has 0 amide bonds. The molecule has 2 atom stereocenters. The predicted molar refractivity (Wildman–Crippen MR) is 77.4 cm³/mol. The standard InChI is InChI=1S/C17H18FNO/c1-11(19)15-7-6-14(18)9-17(15)20-10-13-8-12-4-2-3-5-16(12)13/h2-7,9,11,13H,8,10,19H2,1H3/t11-,13?/m0/s1. The first-order valence-corrected chi connectivity index (χ1v) is 6.91. The molecule has 0 saturated heterocycles. The van der Waals surface area contributed by atoms with E-state index < -0.39 is 0 Å². The Morgan fingerprint density at radius 2 is 2.10 bits per heavy atom. The van der Waals surface area contributed by atoms with E-state index in [1.54, 1.807) is 6.07 Å². The van der Waals surface area contributed by atoms with Gasteiger partial charge in [-0.2, -0.15) is 0 Å². The van der Waals surface area contributed by atoms with Gasteiger partial charge in [0, 0.05) is 23.6 Å². The van der Waals surface area contributed by atoms with Gasteiger partial charge in [-0.25, -0.2) is 4.39 Å². The van der Waals surface area contributed by atoms with Crippen LogP contribution in [0.5, 0.6) is 5.75 Å². The van der Waals surface area contributed by atoms with E-state index >= 15 is 0 Å². The fourth-order valence-corrected chi connectivity index (χ4v) is 2.71. The van der Waals surface area contributed by atoms with E-state index in [-0.39, 0.29) is 11.9 Å². The van der Waals surface area contributed by atoms with Crippen molar-refractivity contribution >= 4 is 0 Å². The minimum atomic E-state index is -0.293. The highest BCUT2D eigenvalue weighted by Crippen LogP contribution is 2.35. The molecule has 0 aromatic heterocycles. The second-order valence-corrected chi connectivity index (χ2v) is 5.38. The summed E-state index contributed by atoms with van der Waals surface area (Å²) in [4.78, 5) is 0. The van der Waals surface area contributed by atoms with Crippen LogP contribution in [0.1, 0.15) is 35.6 Å². The van der Waals surface area contributed by atoms with Crippen LogP contribution in [-0.4, -0.2) is 6.61 Å². The minimum absolute atomic E-state index is 0.167. The normalized spacial score (nSPS) is 18.1. The highest BCUT2D eigenvalue weighted by molar-refractivity contribution is 5.41. The number of nitrogens with two attached hydrogens (primary N) is 1. The molecule has 0 radical (unpaired) electrons. The molecule has 2 nitrogen and oxygen atoms in total. The van der Waals surface area contributed by atoms with E-state index in [0.717, 1.165) is 12.0 Å². The van der Waals surface area contributed by atoms with Crippen LogP contribution in [0.15, 0.2) is 42.5 Å². The number of ether oxygens (including phenoxy) is 1. The van der Waals surface area contributed by atoms with Crippen molar-refractivity contribution in [3.05, 3.63) is 65.0 Å². The van der Waals surface area contributed by atoms with E-state index in [9.17, 15) is 4.39 Å². The summed E-state index contributed by atoms with van der Waals surface area (Å²) in [5.41, 5.74) is 9.46. The Balaban J connectivity index is 1.72. The molecule has 1 unspecified atom stereocenters. The van der Waals surface area contributed by atoms with Crippen molar-refractivity contribution in [3.63, 3.8) is 0 Å². The van der Waals surface area contributed by atoms with Crippen LogP contribution in [0, 0.1) is 5.82 Å². The van der Waals surface area contributed by atoms with Gasteiger partial charge in [0.25, 0.3) is 0 Å². The average Bonchev–Trinajstić information content (AvgIpc) is 2.39.